The molecule has 0 bridgehead atoms. The Morgan fingerprint density at radius 2 is 2.06 bits per heavy atom. The van der Waals surface area contributed by atoms with Gasteiger partial charge in [-0.2, -0.15) is 10.5 Å². The molecular formula is C10H11N5O. The average molecular weight is 217 g/mol. The molecule has 1 amide bonds. The Labute approximate surface area is 93.1 Å². The van der Waals surface area contributed by atoms with E-state index in [2.05, 4.69) is 0 Å². The van der Waals surface area contributed by atoms with Crippen molar-refractivity contribution in [2.45, 2.75) is 0 Å². The number of nitriles is 2. The molecule has 0 spiro atoms. The van der Waals surface area contributed by atoms with Gasteiger partial charge < -0.3 is 15.2 Å². The number of rotatable bonds is 3. The van der Waals surface area contributed by atoms with Gasteiger partial charge in [0.2, 0.25) is 0 Å². The largest absolute Gasteiger partial charge is 0.397 e. The Kier molecular flexibility index (Phi) is 3.52. The van der Waals surface area contributed by atoms with Crippen molar-refractivity contribution >= 4 is 11.6 Å². The third-order valence-corrected chi connectivity index (χ3v) is 2.06. The highest BCUT2D eigenvalue weighted by molar-refractivity contribution is 5.94. The van der Waals surface area contributed by atoms with Crippen molar-refractivity contribution in [1.29, 1.82) is 10.5 Å². The molecule has 1 heterocycles. The molecule has 0 aliphatic rings. The number of hydrogen-bond acceptors (Lipinski definition) is 4. The number of aryl methyl sites for hydroxylation is 1. The van der Waals surface area contributed by atoms with Gasteiger partial charge in [-0.3, -0.25) is 4.79 Å². The van der Waals surface area contributed by atoms with Crippen LogP contribution in [0.15, 0.2) is 12.3 Å². The number of hydrogen-bond donors (Lipinski definition) is 1. The fraction of sp³-hybridized carbons (Fsp3) is 0.300. The second-order valence-electron chi connectivity index (χ2n) is 3.25. The first-order valence-corrected chi connectivity index (χ1v) is 4.55. The number of carbonyl (C=O) groups excluding carboxylic acids is 1. The minimum absolute atomic E-state index is 0.114. The predicted octanol–water partition coefficient (Wildman–Crippen LogP) is 0.0967. The van der Waals surface area contributed by atoms with Crippen LogP contribution in [0, 0.1) is 22.7 Å². The van der Waals surface area contributed by atoms with Crippen LogP contribution in [0.4, 0.5) is 5.69 Å². The van der Waals surface area contributed by atoms with Gasteiger partial charge >= 0.3 is 0 Å². The molecule has 1 aromatic heterocycles. The lowest BCUT2D eigenvalue weighted by Crippen LogP contribution is -2.32. The summed E-state index contributed by atoms with van der Waals surface area (Å²) in [5.41, 5.74) is 6.38. The van der Waals surface area contributed by atoms with Gasteiger partial charge in [0.15, 0.2) is 0 Å². The Morgan fingerprint density at radius 1 is 1.50 bits per heavy atom. The summed E-state index contributed by atoms with van der Waals surface area (Å²) in [6, 6.07) is 5.20. The topological polar surface area (TPSA) is 98.8 Å². The summed E-state index contributed by atoms with van der Waals surface area (Å²) in [5, 5.41) is 17.1. The number of aromatic nitrogens is 1. The number of amides is 1. The molecule has 0 saturated carbocycles. The van der Waals surface area contributed by atoms with E-state index in [4.69, 9.17) is 16.3 Å². The molecule has 1 aromatic rings. The SMILES string of the molecule is Cn1cc(N)cc1C(=O)N(CC#N)CC#N. The van der Waals surface area contributed by atoms with Crippen LogP contribution < -0.4 is 5.73 Å². The van der Waals surface area contributed by atoms with Gasteiger partial charge in [0, 0.05) is 13.2 Å². The molecule has 0 radical (unpaired) electrons. The van der Waals surface area contributed by atoms with Crippen LogP contribution in [0.25, 0.3) is 0 Å². The summed E-state index contributed by atoms with van der Waals surface area (Å²) < 4.78 is 1.57. The van der Waals surface area contributed by atoms with Gasteiger partial charge in [0.05, 0.1) is 17.8 Å². The predicted molar refractivity (Wildman–Crippen MR) is 57.0 cm³/mol. The van der Waals surface area contributed by atoms with E-state index in [0.717, 1.165) is 4.90 Å². The van der Waals surface area contributed by atoms with Gasteiger partial charge in [-0.25, -0.2) is 0 Å². The van der Waals surface area contributed by atoms with Crippen LogP contribution in [0.2, 0.25) is 0 Å². The van der Waals surface area contributed by atoms with Gasteiger partial charge in [-0.05, 0) is 6.07 Å². The molecular weight excluding hydrogens is 206 g/mol. The summed E-state index contributed by atoms with van der Waals surface area (Å²) in [6.07, 6.45) is 1.60. The second-order valence-corrected chi connectivity index (χ2v) is 3.25. The summed E-state index contributed by atoms with van der Waals surface area (Å²) in [7, 11) is 1.68. The lowest BCUT2D eigenvalue weighted by molar-refractivity contribution is 0.0785. The molecule has 6 heteroatoms. The minimum Gasteiger partial charge on any atom is -0.397 e. The van der Waals surface area contributed by atoms with Crippen molar-refractivity contribution in [3.05, 3.63) is 18.0 Å². The highest BCUT2D eigenvalue weighted by Crippen LogP contribution is 2.11. The maximum atomic E-state index is 11.9. The minimum atomic E-state index is -0.373. The third kappa shape index (κ3) is 2.31. The van der Waals surface area contributed by atoms with Crippen molar-refractivity contribution in [2.24, 2.45) is 7.05 Å². The van der Waals surface area contributed by atoms with Crippen LogP contribution in [0.5, 0.6) is 0 Å². The van der Waals surface area contributed by atoms with Crippen LogP contribution in [0.3, 0.4) is 0 Å². The van der Waals surface area contributed by atoms with E-state index in [-0.39, 0.29) is 19.0 Å². The van der Waals surface area contributed by atoms with Crippen LogP contribution in [0.1, 0.15) is 10.5 Å². The molecule has 0 aliphatic carbocycles. The van der Waals surface area contributed by atoms with Crippen molar-refractivity contribution < 1.29 is 4.79 Å². The summed E-state index contributed by atoms with van der Waals surface area (Å²) in [5.74, 6) is -0.373. The van der Waals surface area contributed by atoms with E-state index in [9.17, 15) is 4.79 Å². The number of nitrogens with zero attached hydrogens (tertiary/aromatic N) is 4. The van der Waals surface area contributed by atoms with E-state index in [1.165, 1.54) is 6.07 Å². The highest BCUT2D eigenvalue weighted by Gasteiger charge is 2.18. The monoisotopic (exact) mass is 217 g/mol. The zero-order valence-electron chi connectivity index (χ0n) is 8.84. The quantitative estimate of drug-likeness (QED) is 0.725. The van der Waals surface area contributed by atoms with Gasteiger partial charge in [0.25, 0.3) is 5.91 Å². The van der Waals surface area contributed by atoms with E-state index < -0.39 is 0 Å². The number of nitrogen functional groups attached to an aromatic ring is 1. The molecule has 6 nitrogen and oxygen atoms in total. The molecule has 82 valence electrons. The van der Waals surface area contributed by atoms with E-state index >= 15 is 0 Å². The van der Waals surface area contributed by atoms with Gasteiger partial charge in [-0.1, -0.05) is 0 Å². The molecule has 0 aromatic carbocycles. The Bertz CT molecular complexity index is 460. The van der Waals surface area contributed by atoms with Gasteiger partial charge in [0.1, 0.15) is 18.8 Å². The smallest absolute Gasteiger partial charge is 0.272 e. The fourth-order valence-corrected chi connectivity index (χ4v) is 1.33. The molecule has 0 fully saturated rings. The zero-order chi connectivity index (χ0) is 12.1. The lowest BCUT2D eigenvalue weighted by Gasteiger charge is -2.15. The summed E-state index contributed by atoms with van der Waals surface area (Å²) in [6.45, 7) is -0.227. The average Bonchev–Trinajstić information content (AvgIpc) is 2.56. The van der Waals surface area contributed by atoms with Crippen molar-refractivity contribution in [2.75, 3.05) is 18.8 Å². The van der Waals surface area contributed by atoms with Crippen LogP contribution in [-0.4, -0.2) is 28.5 Å². The highest BCUT2D eigenvalue weighted by atomic mass is 16.2. The van der Waals surface area contributed by atoms with Gasteiger partial charge in [-0.15, -0.1) is 0 Å². The van der Waals surface area contributed by atoms with Crippen molar-refractivity contribution in [1.82, 2.24) is 9.47 Å². The van der Waals surface area contributed by atoms with Crippen LogP contribution >= 0.6 is 0 Å². The van der Waals surface area contributed by atoms with Crippen molar-refractivity contribution in [3.63, 3.8) is 0 Å². The molecule has 0 aliphatic heterocycles. The molecule has 0 atom stereocenters. The second kappa shape index (κ2) is 4.85. The standard InChI is InChI=1S/C10H11N5O/c1-14-7-8(13)6-9(14)10(16)15(4-2-11)5-3-12/h6-7H,4-5,13H2,1H3. The maximum Gasteiger partial charge on any atom is 0.272 e. The molecule has 0 unspecified atom stereocenters. The van der Waals surface area contributed by atoms with Crippen LogP contribution in [-0.2, 0) is 7.05 Å². The number of nitrogens with two attached hydrogens (primary N) is 1. The fourth-order valence-electron chi connectivity index (χ4n) is 1.33. The van der Waals surface area contributed by atoms with E-state index in [0.29, 0.717) is 11.4 Å². The summed E-state index contributed by atoms with van der Waals surface area (Å²) >= 11 is 0. The lowest BCUT2D eigenvalue weighted by atomic mass is 10.3. The molecule has 2 N–H and O–H groups in total. The first-order chi connectivity index (χ1) is 7.60. The number of carbonyl (C=O) groups is 1. The number of anilines is 1. The Hall–Kier alpha value is -2.47. The molecule has 1 rings (SSSR count). The third-order valence-electron chi connectivity index (χ3n) is 2.06. The van der Waals surface area contributed by atoms with Crippen molar-refractivity contribution in [3.8, 4) is 12.1 Å². The van der Waals surface area contributed by atoms with E-state index in [1.54, 1.807) is 17.8 Å². The molecule has 0 saturated heterocycles. The Balaban J connectivity index is 2.96. The summed E-state index contributed by atoms with van der Waals surface area (Å²) in [4.78, 5) is 13.1. The Morgan fingerprint density at radius 3 is 2.44 bits per heavy atom. The molecule has 16 heavy (non-hydrogen) atoms. The first-order valence-electron chi connectivity index (χ1n) is 4.55. The maximum absolute atomic E-state index is 11.9. The first kappa shape index (κ1) is 11.6. The normalized spacial score (nSPS) is 9.19. The zero-order valence-corrected chi connectivity index (χ0v) is 8.84. The van der Waals surface area contributed by atoms with E-state index in [1.807, 2.05) is 12.1 Å².